The van der Waals surface area contributed by atoms with Gasteiger partial charge in [0, 0.05) is 12.6 Å². The van der Waals surface area contributed by atoms with Gasteiger partial charge in [-0.3, -0.25) is 0 Å². The van der Waals surface area contributed by atoms with E-state index in [0.29, 0.717) is 23.3 Å². The maximum absolute atomic E-state index is 9.24. The fourth-order valence-electron chi connectivity index (χ4n) is 2.08. The molecule has 0 bridgehead atoms. The molecule has 0 aromatic carbocycles. The normalized spacial score (nSPS) is 12.6. The number of hydrogen-bond acceptors (Lipinski definition) is 5. The van der Waals surface area contributed by atoms with Crippen molar-refractivity contribution in [1.82, 2.24) is 15.1 Å². The first kappa shape index (κ1) is 15.4. The summed E-state index contributed by atoms with van der Waals surface area (Å²) in [6.45, 7) is 8.88. The number of likely N-dealkylation sites (N-methyl/N-ethyl adjacent to an activating group) is 1. The van der Waals surface area contributed by atoms with Crippen LogP contribution >= 0.6 is 0 Å². The molecule has 1 rings (SSSR count). The van der Waals surface area contributed by atoms with E-state index in [9.17, 15) is 5.26 Å². The third kappa shape index (κ3) is 3.65. The van der Waals surface area contributed by atoms with Crippen molar-refractivity contribution in [2.45, 2.75) is 33.7 Å². The molecule has 0 unspecified atom stereocenters. The van der Waals surface area contributed by atoms with Crippen LogP contribution in [0.2, 0.25) is 0 Å². The third-order valence-corrected chi connectivity index (χ3v) is 3.48. The van der Waals surface area contributed by atoms with Gasteiger partial charge in [0.2, 0.25) is 0 Å². The second kappa shape index (κ2) is 6.48. The van der Waals surface area contributed by atoms with Crippen molar-refractivity contribution >= 4 is 5.82 Å². The molecule has 1 heterocycles. The lowest BCUT2D eigenvalue weighted by Crippen LogP contribution is -2.39. The average molecular weight is 261 g/mol. The number of nitriles is 1. The van der Waals surface area contributed by atoms with Crippen molar-refractivity contribution in [2.24, 2.45) is 5.92 Å². The number of anilines is 1. The van der Waals surface area contributed by atoms with Gasteiger partial charge in [0.05, 0.1) is 5.69 Å². The van der Waals surface area contributed by atoms with Crippen LogP contribution in [0, 0.1) is 31.1 Å². The molecule has 0 aliphatic carbocycles. The summed E-state index contributed by atoms with van der Waals surface area (Å²) in [7, 11) is 4.12. The number of rotatable bonds is 5. The van der Waals surface area contributed by atoms with E-state index in [2.05, 4.69) is 54.4 Å². The molecule has 0 amide bonds. The summed E-state index contributed by atoms with van der Waals surface area (Å²) in [5.41, 5.74) is 2.29. The molecule has 0 fully saturated rings. The molecule has 1 N–H and O–H groups in total. The molecule has 0 saturated carbocycles. The Labute approximate surface area is 115 Å². The van der Waals surface area contributed by atoms with Gasteiger partial charge in [-0.1, -0.05) is 13.8 Å². The molecule has 5 nitrogen and oxygen atoms in total. The van der Waals surface area contributed by atoms with Crippen molar-refractivity contribution in [3.63, 3.8) is 0 Å². The number of nitrogens with zero attached hydrogens (tertiary/aromatic N) is 4. The maximum atomic E-state index is 9.24. The van der Waals surface area contributed by atoms with Crippen LogP contribution < -0.4 is 5.32 Å². The average Bonchev–Trinajstić information content (AvgIpc) is 2.33. The van der Waals surface area contributed by atoms with Crippen molar-refractivity contribution < 1.29 is 0 Å². The molecule has 1 atom stereocenters. The van der Waals surface area contributed by atoms with Gasteiger partial charge in [0.1, 0.15) is 11.6 Å². The minimum Gasteiger partial charge on any atom is -0.366 e. The van der Waals surface area contributed by atoms with Crippen molar-refractivity contribution in [2.75, 3.05) is 26.0 Å². The Hall–Kier alpha value is -1.67. The predicted octanol–water partition coefficient (Wildman–Crippen LogP) is 1.96. The van der Waals surface area contributed by atoms with Crippen LogP contribution in [0.4, 0.5) is 5.82 Å². The molecule has 0 aliphatic rings. The molecular weight excluding hydrogens is 238 g/mol. The van der Waals surface area contributed by atoms with Gasteiger partial charge < -0.3 is 10.2 Å². The summed E-state index contributed by atoms with van der Waals surface area (Å²) in [5, 5.41) is 20.7. The van der Waals surface area contributed by atoms with Gasteiger partial charge in [-0.05, 0) is 39.4 Å². The zero-order valence-corrected chi connectivity index (χ0v) is 12.7. The molecule has 1 aromatic heterocycles. The molecular formula is C14H23N5. The molecule has 5 heteroatoms. The van der Waals surface area contributed by atoms with E-state index in [0.717, 1.165) is 17.8 Å². The highest BCUT2D eigenvalue weighted by molar-refractivity contribution is 5.55. The predicted molar refractivity (Wildman–Crippen MR) is 77.0 cm³/mol. The first-order valence-corrected chi connectivity index (χ1v) is 6.52. The van der Waals surface area contributed by atoms with Crippen LogP contribution in [0.25, 0.3) is 0 Å². The quantitative estimate of drug-likeness (QED) is 0.877. The number of nitrogens with one attached hydrogen (secondary N) is 1. The van der Waals surface area contributed by atoms with Gasteiger partial charge in [-0.2, -0.15) is 10.4 Å². The Balaban J connectivity index is 2.90. The van der Waals surface area contributed by atoms with Crippen molar-refractivity contribution in [3.05, 3.63) is 16.8 Å². The van der Waals surface area contributed by atoms with Gasteiger partial charge >= 0.3 is 0 Å². The summed E-state index contributed by atoms with van der Waals surface area (Å²) in [6, 6.07) is 2.59. The van der Waals surface area contributed by atoms with E-state index in [1.165, 1.54) is 0 Å². The molecule has 0 saturated heterocycles. The van der Waals surface area contributed by atoms with Crippen molar-refractivity contribution in [1.29, 1.82) is 5.26 Å². The van der Waals surface area contributed by atoms with E-state index in [4.69, 9.17) is 0 Å². The largest absolute Gasteiger partial charge is 0.366 e. The number of hydrogen-bond donors (Lipinski definition) is 1. The summed E-state index contributed by atoms with van der Waals surface area (Å²) < 4.78 is 0. The van der Waals surface area contributed by atoms with E-state index < -0.39 is 0 Å². The van der Waals surface area contributed by atoms with E-state index in [1.54, 1.807) is 0 Å². The molecule has 1 aromatic rings. The Morgan fingerprint density at radius 3 is 2.37 bits per heavy atom. The molecule has 0 aliphatic heterocycles. The van der Waals surface area contributed by atoms with Crippen LogP contribution in [0.3, 0.4) is 0 Å². The van der Waals surface area contributed by atoms with Crippen LogP contribution in [-0.2, 0) is 0 Å². The highest BCUT2D eigenvalue weighted by Gasteiger charge is 2.17. The Morgan fingerprint density at radius 2 is 1.89 bits per heavy atom. The van der Waals surface area contributed by atoms with Crippen LogP contribution in [0.1, 0.15) is 30.7 Å². The fourth-order valence-corrected chi connectivity index (χ4v) is 2.08. The van der Waals surface area contributed by atoms with Crippen LogP contribution in [0.5, 0.6) is 0 Å². The monoisotopic (exact) mass is 261 g/mol. The summed E-state index contributed by atoms with van der Waals surface area (Å²) >= 11 is 0. The summed E-state index contributed by atoms with van der Waals surface area (Å²) in [5.74, 6) is 1.10. The molecule has 104 valence electrons. The Kier molecular flexibility index (Phi) is 5.25. The maximum Gasteiger partial charge on any atom is 0.166 e. The van der Waals surface area contributed by atoms with Gasteiger partial charge in [-0.15, -0.1) is 5.10 Å². The van der Waals surface area contributed by atoms with E-state index in [-0.39, 0.29) is 0 Å². The molecule has 19 heavy (non-hydrogen) atoms. The fraction of sp³-hybridized carbons (Fsp3) is 0.643. The third-order valence-electron chi connectivity index (χ3n) is 3.48. The lowest BCUT2D eigenvalue weighted by Gasteiger charge is -2.28. The van der Waals surface area contributed by atoms with Crippen molar-refractivity contribution in [3.8, 4) is 6.07 Å². The second-order valence-corrected chi connectivity index (χ2v) is 5.40. The minimum atomic E-state index is 0.384. The Bertz CT molecular complexity index is 465. The first-order valence-electron chi connectivity index (χ1n) is 6.52. The van der Waals surface area contributed by atoms with Crippen LogP contribution in [-0.4, -0.2) is 41.8 Å². The highest BCUT2D eigenvalue weighted by atomic mass is 15.2. The first-order chi connectivity index (χ1) is 8.88. The SMILES string of the molecule is Cc1nnc(NC[C@H](C(C)C)N(C)C)c(C#N)c1C. The summed E-state index contributed by atoms with van der Waals surface area (Å²) in [4.78, 5) is 2.18. The second-order valence-electron chi connectivity index (χ2n) is 5.40. The Morgan fingerprint density at radius 1 is 1.26 bits per heavy atom. The standard InChI is InChI=1S/C14H23N5/c1-9(2)13(19(5)6)8-16-14-12(7-15)10(3)11(4)17-18-14/h9,13H,8H2,1-6H3,(H,16,18)/t13-/m1/s1. The van der Waals surface area contributed by atoms with Gasteiger partial charge in [0.15, 0.2) is 5.82 Å². The molecule has 0 radical (unpaired) electrons. The highest BCUT2D eigenvalue weighted by Crippen LogP contribution is 2.18. The van der Waals surface area contributed by atoms with E-state index in [1.807, 2.05) is 13.8 Å². The topological polar surface area (TPSA) is 64.8 Å². The van der Waals surface area contributed by atoms with Gasteiger partial charge in [0.25, 0.3) is 0 Å². The van der Waals surface area contributed by atoms with E-state index >= 15 is 0 Å². The molecule has 0 spiro atoms. The lowest BCUT2D eigenvalue weighted by molar-refractivity contribution is 0.243. The zero-order chi connectivity index (χ0) is 14.6. The smallest absolute Gasteiger partial charge is 0.166 e. The number of aryl methyl sites for hydroxylation is 1. The minimum absolute atomic E-state index is 0.384. The lowest BCUT2D eigenvalue weighted by atomic mass is 10.0. The van der Waals surface area contributed by atoms with Crippen LogP contribution in [0.15, 0.2) is 0 Å². The number of aromatic nitrogens is 2. The summed E-state index contributed by atoms with van der Waals surface area (Å²) in [6.07, 6.45) is 0. The zero-order valence-electron chi connectivity index (χ0n) is 12.7. The van der Waals surface area contributed by atoms with Gasteiger partial charge in [-0.25, -0.2) is 0 Å².